The Balaban J connectivity index is 1.75. The molecule has 2 rings (SSSR count). The quantitative estimate of drug-likeness (QED) is 0.847. The van der Waals surface area contributed by atoms with Crippen LogP contribution in [0.4, 0.5) is 0 Å². The van der Waals surface area contributed by atoms with Crippen molar-refractivity contribution in [2.75, 3.05) is 19.6 Å². The van der Waals surface area contributed by atoms with Crippen molar-refractivity contribution in [1.29, 1.82) is 5.26 Å². The average Bonchev–Trinajstić information content (AvgIpc) is 2.48. The maximum atomic E-state index is 11.8. The van der Waals surface area contributed by atoms with E-state index in [2.05, 4.69) is 15.6 Å². The highest BCUT2D eigenvalue weighted by molar-refractivity contribution is 5.92. The Bertz CT molecular complexity index is 457. The first-order chi connectivity index (χ1) is 9.29. The van der Waals surface area contributed by atoms with Gasteiger partial charge in [-0.1, -0.05) is 0 Å². The van der Waals surface area contributed by atoms with Gasteiger partial charge in [-0.15, -0.1) is 0 Å². The smallest absolute Gasteiger partial charge is 0.269 e. The number of nitriles is 1. The van der Waals surface area contributed by atoms with E-state index in [9.17, 15) is 4.79 Å². The van der Waals surface area contributed by atoms with Crippen LogP contribution in [0, 0.1) is 17.2 Å². The fraction of sp³-hybridized carbons (Fsp3) is 0.500. The molecule has 5 heteroatoms. The number of carbonyl (C=O) groups excluding carboxylic acids is 1. The highest BCUT2D eigenvalue weighted by Gasteiger charge is 2.13. The molecule has 2 heterocycles. The molecule has 5 nitrogen and oxygen atoms in total. The molecule has 1 saturated heterocycles. The SMILES string of the molecule is N#Cc1ccc(C(=O)NCCC2CCCNC2)nc1. The number of hydrogen-bond donors (Lipinski definition) is 2. The number of rotatable bonds is 4. The standard InChI is InChI=1S/C14H18N4O/c15-8-12-3-4-13(18-10-12)14(19)17-7-5-11-2-1-6-16-9-11/h3-4,10-11,16H,1-2,5-7,9H2,(H,17,19). The van der Waals surface area contributed by atoms with Gasteiger partial charge in [0.2, 0.25) is 0 Å². The van der Waals surface area contributed by atoms with E-state index in [-0.39, 0.29) is 5.91 Å². The van der Waals surface area contributed by atoms with E-state index >= 15 is 0 Å². The van der Waals surface area contributed by atoms with Gasteiger partial charge >= 0.3 is 0 Å². The summed E-state index contributed by atoms with van der Waals surface area (Å²) in [4.78, 5) is 15.8. The zero-order chi connectivity index (χ0) is 13.5. The van der Waals surface area contributed by atoms with Crippen molar-refractivity contribution in [1.82, 2.24) is 15.6 Å². The molecule has 1 aliphatic rings. The van der Waals surface area contributed by atoms with Crippen LogP contribution in [-0.4, -0.2) is 30.5 Å². The molecular weight excluding hydrogens is 240 g/mol. The maximum absolute atomic E-state index is 11.8. The van der Waals surface area contributed by atoms with Crippen molar-refractivity contribution in [2.45, 2.75) is 19.3 Å². The molecule has 0 aliphatic carbocycles. The van der Waals surface area contributed by atoms with Gasteiger partial charge in [-0.25, -0.2) is 4.98 Å². The molecular formula is C14H18N4O. The van der Waals surface area contributed by atoms with Gasteiger partial charge in [-0.3, -0.25) is 4.79 Å². The largest absolute Gasteiger partial charge is 0.351 e. The van der Waals surface area contributed by atoms with Gasteiger partial charge < -0.3 is 10.6 Å². The third-order valence-electron chi connectivity index (χ3n) is 3.36. The number of nitrogens with one attached hydrogen (secondary N) is 2. The van der Waals surface area contributed by atoms with Crippen molar-refractivity contribution in [3.63, 3.8) is 0 Å². The van der Waals surface area contributed by atoms with Crippen LogP contribution in [0.5, 0.6) is 0 Å². The predicted octanol–water partition coefficient (Wildman–Crippen LogP) is 1.07. The lowest BCUT2D eigenvalue weighted by Gasteiger charge is -2.22. The molecule has 0 bridgehead atoms. The Labute approximate surface area is 113 Å². The number of amides is 1. The molecule has 100 valence electrons. The summed E-state index contributed by atoms with van der Waals surface area (Å²) in [7, 11) is 0. The van der Waals surface area contributed by atoms with E-state index in [1.165, 1.54) is 19.0 Å². The molecule has 0 aromatic carbocycles. The number of carbonyl (C=O) groups is 1. The molecule has 19 heavy (non-hydrogen) atoms. The van der Waals surface area contributed by atoms with Crippen molar-refractivity contribution in [3.8, 4) is 6.07 Å². The number of nitrogens with zero attached hydrogens (tertiary/aromatic N) is 2. The molecule has 2 N–H and O–H groups in total. The molecule has 1 aromatic heterocycles. The third-order valence-corrected chi connectivity index (χ3v) is 3.36. The second-order valence-electron chi connectivity index (χ2n) is 4.80. The molecule has 0 radical (unpaired) electrons. The van der Waals surface area contributed by atoms with Gasteiger partial charge in [0, 0.05) is 12.7 Å². The summed E-state index contributed by atoms with van der Waals surface area (Å²) in [6.45, 7) is 2.83. The number of piperidine rings is 1. The van der Waals surface area contributed by atoms with Crippen LogP contribution in [0.15, 0.2) is 18.3 Å². The second kappa shape index (κ2) is 6.86. The maximum Gasteiger partial charge on any atom is 0.269 e. The highest BCUT2D eigenvalue weighted by atomic mass is 16.1. The van der Waals surface area contributed by atoms with Crippen LogP contribution >= 0.6 is 0 Å². The first-order valence-electron chi connectivity index (χ1n) is 6.64. The van der Waals surface area contributed by atoms with Crippen LogP contribution in [0.2, 0.25) is 0 Å². The summed E-state index contributed by atoms with van der Waals surface area (Å²) in [6.07, 6.45) is 4.86. The molecule has 1 unspecified atom stereocenters. The Morgan fingerprint density at radius 3 is 3.11 bits per heavy atom. The number of aromatic nitrogens is 1. The Kier molecular flexibility index (Phi) is 4.87. The Morgan fingerprint density at radius 2 is 2.47 bits per heavy atom. The summed E-state index contributed by atoms with van der Waals surface area (Å²) in [6, 6.07) is 5.16. The van der Waals surface area contributed by atoms with E-state index in [1.807, 2.05) is 6.07 Å². The fourth-order valence-electron chi connectivity index (χ4n) is 2.25. The van der Waals surface area contributed by atoms with E-state index in [0.717, 1.165) is 19.5 Å². The third kappa shape index (κ3) is 4.04. The summed E-state index contributed by atoms with van der Waals surface area (Å²) >= 11 is 0. The summed E-state index contributed by atoms with van der Waals surface area (Å²) < 4.78 is 0. The average molecular weight is 258 g/mol. The topological polar surface area (TPSA) is 77.8 Å². The van der Waals surface area contributed by atoms with Gasteiger partial charge in [0.05, 0.1) is 5.56 Å². The molecule has 1 aliphatic heterocycles. The predicted molar refractivity (Wildman–Crippen MR) is 71.5 cm³/mol. The summed E-state index contributed by atoms with van der Waals surface area (Å²) in [5, 5.41) is 14.9. The Morgan fingerprint density at radius 1 is 1.58 bits per heavy atom. The molecule has 0 spiro atoms. The lowest BCUT2D eigenvalue weighted by Crippen LogP contribution is -2.33. The highest BCUT2D eigenvalue weighted by Crippen LogP contribution is 2.12. The summed E-state index contributed by atoms with van der Waals surface area (Å²) in [5.41, 5.74) is 0.825. The molecule has 1 atom stereocenters. The zero-order valence-electron chi connectivity index (χ0n) is 10.9. The van der Waals surface area contributed by atoms with Crippen LogP contribution in [0.25, 0.3) is 0 Å². The van der Waals surface area contributed by atoms with Crippen molar-refractivity contribution in [2.24, 2.45) is 5.92 Å². The van der Waals surface area contributed by atoms with Gasteiger partial charge in [0.25, 0.3) is 5.91 Å². The van der Waals surface area contributed by atoms with Crippen molar-refractivity contribution >= 4 is 5.91 Å². The molecule has 0 saturated carbocycles. The minimum atomic E-state index is -0.173. The van der Waals surface area contributed by atoms with Gasteiger partial charge in [-0.05, 0) is 50.4 Å². The lowest BCUT2D eigenvalue weighted by molar-refractivity contribution is 0.0945. The van der Waals surface area contributed by atoms with Gasteiger partial charge in [0.1, 0.15) is 11.8 Å². The Hall–Kier alpha value is -1.93. The van der Waals surface area contributed by atoms with Gasteiger partial charge in [-0.2, -0.15) is 5.26 Å². The van der Waals surface area contributed by atoms with Crippen LogP contribution in [-0.2, 0) is 0 Å². The molecule has 1 fully saturated rings. The van der Waals surface area contributed by atoms with Crippen LogP contribution in [0.3, 0.4) is 0 Å². The van der Waals surface area contributed by atoms with Crippen molar-refractivity contribution in [3.05, 3.63) is 29.6 Å². The fourth-order valence-corrected chi connectivity index (χ4v) is 2.25. The molecule has 1 aromatic rings. The first kappa shape index (κ1) is 13.5. The van der Waals surface area contributed by atoms with Crippen LogP contribution < -0.4 is 10.6 Å². The minimum absolute atomic E-state index is 0.173. The first-order valence-corrected chi connectivity index (χ1v) is 6.64. The summed E-state index contributed by atoms with van der Waals surface area (Å²) in [5.74, 6) is 0.483. The van der Waals surface area contributed by atoms with Gasteiger partial charge in [0.15, 0.2) is 0 Å². The monoisotopic (exact) mass is 258 g/mol. The minimum Gasteiger partial charge on any atom is -0.351 e. The second-order valence-corrected chi connectivity index (χ2v) is 4.80. The number of hydrogen-bond acceptors (Lipinski definition) is 4. The normalized spacial score (nSPS) is 18.6. The number of pyridine rings is 1. The van der Waals surface area contributed by atoms with E-state index in [0.29, 0.717) is 23.7 Å². The van der Waals surface area contributed by atoms with E-state index in [4.69, 9.17) is 5.26 Å². The van der Waals surface area contributed by atoms with E-state index < -0.39 is 0 Å². The van der Waals surface area contributed by atoms with Crippen molar-refractivity contribution < 1.29 is 4.79 Å². The van der Waals surface area contributed by atoms with Crippen LogP contribution in [0.1, 0.15) is 35.3 Å². The lowest BCUT2D eigenvalue weighted by atomic mass is 9.96. The van der Waals surface area contributed by atoms with E-state index in [1.54, 1.807) is 12.1 Å². The molecule has 1 amide bonds. The zero-order valence-corrected chi connectivity index (χ0v) is 10.9.